The summed E-state index contributed by atoms with van der Waals surface area (Å²) in [5, 5.41) is 2.60. The Labute approximate surface area is 147 Å². The molecule has 0 saturated carbocycles. The van der Waals surface area contributed by atoms with Crippen LogP contribution < -0.4 is 11.1 Å². The Kier molecular flexibility index (Phi) is 5.86. The van der Waals surface area contributed by atoms with Gasteiger partial charge in [-0.05, 0) is 24.1 Å². The van der Waals surface area contributed by atoms with Crippen molar-refractivity contribution in [2.45, 2.75) is 20.0 Å². The number of nitrogens with one attached hydrogen (secondary N) is 2. The number of amides is 2. The zero-order valence-corrected chi connectivity index (χ0v) is 14.4. The maximum atomic E-state index is 12.7. The van der Waals surface area contributed by atoms with Gasteiger partial charge in [0.15, 0.2) is 0 Å². The molecule has 0 saturated heterocycles. The van der Waals surface area contributed by atoms with Gasteiger partial charge in [-0.25, -0.2) is 4.98 Å². The number of hydrogen-bond donors (Lipinski definition) is 3. The molecule has 0 radical (unpaired) electrons. The van der Waals surface area contributed by atoms with Gasteiger partial charge < -0.3 is 16.0 Å². The van der Waals surface area contributed by atoms with Crippen molar-refractivity contribution in [2.24, 2.45) is 11.7 Å². The average Bonchev–Trinajstić information content (AvgIpc) is 2.88. The Balaban J connectivity index is 2.08. The normalized spacial score (nSPS) is 12.1. The highest BCUT2D eigenvalue weighted by molar-refractivity contribution is 5.94. The molecule has 1 aromatic carbocycles. The molecule has 1 aromatic heterocycles. The first-order valence-electron chi connectivity index (χ1n) is 7.92. The van der Waals surface area contributed by atoms with E-state index in [1.807, 2.05) is 13.8 Å². The van der Waals surface area contributed by atoms with Crippen molar-refractivity contribution in [1.82, 2.24) is 14.9 Å². The van der Waals surface area contributed by atoms with Gasteiger partial charge in [0, 0.05) is 12.2 Å². The van der Waals surface area contributed by atoms with Crippen LogP contribution in [-0.2, 0) is 15.8 Å². The number of hydrogen-bond acceptors (Lipinski definition) is 4. The van der Waals surface area contributed by atoms with Crippen LogP contribution in [0.2, 0.25) is 0 Å². The first-order chi connectivity index (χ1) is 12.0. The molecular formula is C16H20F3N5O2. The minimum absolute atomic E-state index is 0.0554. The van der Waals surface area contributed by atoms with E-state index in [1.54, 1.807) is 4.90 Å². The molecule has 26 heavy (non-hydrogen) atoms. The fourth-order valence-corrected chi connectivity index (χ4v) is 2.55. The summed E-state index contributed by atoms with van der Waals surface area (Å²) in [5.41, 5.74) is 5.81. The first kappa shape index (κ1) is 19.7. The Hall–Kier alpha value is -2.62. The van der Waals surface area contributed by atoms with Crippen molar-refractivity contribution < 1.29 is 22.8 Å². The van der Waals surface area contributed by atoms with E-state index in [-0.39, 0.29) is 30.0 Å². The Bertz CT molecular complexity index is 801. The molecule has 10 heteroatoms. The number of carbonyl (C=O) groups is 2. The topological polar surface area (TPSA) is 104 Å². The maximum absolute atomic E-state index is 12.7. The van der Waals surface area contributed by atoms with Gasteiger partial charge in [0.25, 0.3) is 0 Å². The summed E-state index contributed by atoms with van der Waals surface area (Å²) < 4.78 is 38.0. The molecule has 1 heterocycles. The number of halogens is 3. The third-order valence-corrected chi connectivity index (χ3v) is 3.40. The monoisotopic (exact) mass is 371 g/mol. The van der Waals surface area contributed by atoms with Gasteiger partial charge in [0.1, 0.15) is 0 Å². The van der Waals surface area contributed by atoms with E-state index in [0.29, 0.717) is 12.2 Å². The summed E-state index contributed by atoms with van der Waals surface area (Å²) in [6, 6.07) is 4.21. The lowest BCUT2D eigenvalue weighted by molar-refractivity contribution is -0.144. The summed E-state index contributed by atoms with van der Waals surface area (Å²) in [6.45, 7) is 4.27. The van der Waals surface area contributed by atoms with E-state index < -0.39 is 23.8 Å². The maximum Gasteiger partial charge on any atom is 0.449 e. The predicted molar refractivity (Wildman–Crippen MR) is 90.2 cm³/mol. The predicted octanol–water partition coefficient (Wildman–Crippen LogP) is 1.96. The second kappa shape index (κ2) is 7.73. The van der Waals surface area contributed by atoms with Crippen LogP contribution in [0.1, 0.15) is 19.7 Å². The highest BCUT2D eigenvalue weighted by Gasteiger charge is 2.34. The van der Waals surface area contributed by atoms with E-state index in [1.165, 1.54) is 18.2 Å². The molecule has 0 spiro atoms. The summed E-state index contributed by atoms with van der Waals surface area (Å²) in [4.78, 5) is 30.5. The minimum Gasteiger partial charge on any atom is -0.369 e. The van der Waals surface area contributed by atoms with Crippen molar-refractivity contribution >= 4 is 28.5 Å². The van der Waals surface area contributed by atoms with Gasteiger partial charge >= 0.3 is 6.18 Å². The van der Waals surface area contributed by atoms with Gasteiger partial charge in [-0.3, -0.25) is 14.5 Å². The Morgan fingerprint density at radius 2 is 2.00 bits per heavy atom. The number of nitrogens with two attached hydrogens (primary N) is 1. The number of imidazole rings is 1. The molecule has 0 aliphatic carbocycles. The van der Waals surface area contributed by atoms with Crippen molar-refractivity contribution in [2.75, 3.05) is 25.0 Å². The number of rotatable bonds is 7. The number of aromatic nitrogens is 2. The summed E-state index contributed by atoms with van der Waals surface area (Å²) in [7, 11) is 0. The van der Waals surface area contributed by atoms with E-state index in [0.717, 1.165) is 0 Å². The molecule has 0 atom stereocenters. The third-order valence-electron chi connectivity index (χ3n) is 3.40. The molecule has 0 bridgehead atoms. The fourth-order valence-electron chi connectivity index (χ4n) is 2.55. The summed E-state index contributed by atoms with van der Waals surface area (Å²) in [6.07, 6.45) is -4.57. The van der Waals surface area contributed by atoms with Crippen LogP contribution in [0.4, 0.5) is 18.9 Å². The lowest BCUT2D eigenvalue weighted by Crippen LogP contribution is -2.41. The zero-order valence-electron chi connectivity index (χ0n) is 14.4. The van der Waals surface area contributed by atoms with E-state index in [2.05, 4.69) is 15.3 Å². The zero-order chi connectivity index (χ0) is 19.5. The Morgan fingerprint density at radius 1 is 1.31 bits per heavy atom. The average molecular weight is 371 g/mol. The van der Waals surface area contributed by atoms with Crippen molar-refractivity contribution in [3.05, 3.63) is 24.0 Å². The number of aromatic amines is 1. The second-order valence-corrected chi connectivity index (χ2v) is 6.39. The number of alkyl halides is 3. The van der Waals surface area contributed by atoms with Crippen molar-refractivity contribution in [3.63, 3.8) is 0 Å². The molecule has 0 aliphatic heterocycles. The van der Waals surface area contributed by atoms with Crippen molar-refractivity contribution in [1.29, 1.82) is 0 Å². The van der Waals surface area contributed by atoms with Crippen LogP contribution in [0.5, 0.6) is 0 Å². The van der Waals surface area contributed by atoms with E-state index in [9.17, 15) is 22.8 Å². The largest absolute Gasteiger partial charge is 0.449 e. The Morgan fingerprint density at radius 3 is 2.58 bits per heavy atom. The second-order valence-electron chi connectivity index (χ2n) is 6.39. The highest BCUT2D eigenvalue weighted by Crippen LogP contribution is 2.29. The van der Waals surface area contributed by atoms with Gasteiger partial charge in [0.05, 0.1) is 24.1 Å². The number of anilines is 1. The number of carbonyl (C=O) groups excluding carboxylic acids is 2. The van der Waals surface area contributed by atoms with Crippen molar-refractivity contribution in [3.8, 4) is 0 Å². The minimum atomic E-state index is -4.57. The van der Waals surface area contributed by atoms with Crippen LogP contribution in [0, 0.1) is 5.92 Å². The van der Waals surface area contributed by atoms with Crippen LogP contribution >= 0.6 is 0 Å². The molecule has 0 fully saturated rings. The van der Waals surface area contributed by atoms with Crippen LogP contribution in [0.25, 0.3) is 11.0 Å². The molecule has 2 aromatic rings. The van der Waals surface area contributed by atoms with E-state index in [4.69, 9.17) is 5.73 Å². The number of H-pyrrole nitrogens is 1. The molecule has 2 amide bonds. The molecule has 2 rings (SSSR count). The third kappa shape index (κ3) is 5.45. The molecule has 4 N–H and O–H groups in total. The van der Waals surface area contributed by atoms with E-state index >= 15 is 0 Å². The first-order valence-corrected chi connectivity index (χ1v) is 7.92. The fraction of sp³-hybridized carbons (Fsp3) is 0.438. The quantitative estimate of drug-likeness (QED) is 0.692. The van der Waals surface area contributed by atoms with Gasteiger partial charge in [0.2, 0.25) is 17.6 Å². The number of benzene rings is 1. The number of fused-ring (bicyclic) bond motifs is 1. The standard InChI is InChI=1S/C16H20F3N5O2/c1-9(2)6-24(7-13(20)25)8-14(26)21-10-3-4-11-12(5-10)23-15(22-11)16(17,18)19/h3-5,9H,6-8H2,1-2H3,(H2,20,25)(H,21,26)(H,22,23). The van der Waals surface area contributed by atoms with Gasteiger partial charge in [-0.2, -0.15) is 13.2 Å². The smallest absolute Gasteiger partial charge is 0.369 e. The molecule has 0 aliphatic rings. The lowest BCUT2D eigenvalue weighted by Gasteiger charge is -2.22. The summed E-state index contributed by atoms with van der Waals surface area (Å²) >= 11 is 0. The van der Waals surface area contributed by atoms with Crippen LogP contribution in [-0.4, -0.2) is 46.3 Å². The molecule has 0 unspecified atom stereocenters. The molecular weight excluding hydrogens is 351 g/mol. The molecule has 7 nitrogen and oxygen atoms in total. The van der Waals surface area contributed by atoms with Gasteiger partial charge in [-0.15, -0.1) is 0 Å². The van der Waals surface area contributed by atoms with Gasteiger partial charge in [-0.1, -0.05) is 13.8 Å². The highest BCUT2D eigenvalue weighted by atomic mass is 19.4. The SMILES string of the molecule is CC(C)CN(CC(N)=O)CC(=O)Nc1ccc2nc(C(F)(F)F)[nH]c2c1. The number of primary amides is 1. The van der Waals surface area contributed by atoms with Crippen LogP contribution in [0.15, 0.2) is 18.2 Å². The lowest BCUT2D eigenvalue weighted by atomic mass is 10.2. The number of nitrogens with zero attached hydrogens (tertiary/aromatic N) is 2. The molecule has 142 valence electrons. The summed E-state index contributed by atoms with van der Waals surface area (Å²) in [5.74, 6) is -1.82. The van der Waals surface area contributed by atoms with Crippen LogP contribution in [0.3, 0.4) is 0 Å².